The maximum atomic E-state index is 4.59. The Morgan fingerprint density at radius 2 is 2.11 bits per heavy atom. The van der Waals surface area contributed by atoms with Gasteiger partial charge in [-0.2, -0.15) is 0 Å². The second-order valence-electron chi connectivity index (χ2n) is 5.16. The smallest absolute Gasteiger partial charge is 0.128 e. The number of nitrogens with one attached hydrogen (secondary N) is 1. The minimum Gasteiger partial charge on any atom is -0.350 e. The fraction of sp³-hybridized carbons (Fsp3) is 0.562. The Hall–Kier alpha value is -1.35. The molecule has 0 aromatic carbocycles. The summed E-state index contributed by atoms with van der Waals surface area (Å²) in [7, 11) is 0. The third-order valence-electron chi connectivity index (χ3n) is 3.21. The van der Waals surface area contributed by atoms with E-state index >= 15 is 0 Å². The molecule has 1 aromatic heterocycles. The molecule has 3 nitrogen and oxygen atoms in total. The van der Waals surface area contributed by atoms with Gasteiger partial charge in [-0.3, -0.25) is 0 Å². The molecule has 0 aliphatic heterocycles. The van der Waals surface area contributed by atoms with Gasteiger partial charge in [0.05, 0.1) is 0 Å². The van der Waals surface area contributed by atoms with E-state index < -0.39 is 0 Å². The van der Waals surface area contributed by atoms with Crippen LogP contribution in [-0.2, 0) is 0 Å². The first-order valence-corrected chi connectivity index (χ1v) is 7.17. The van der Waals surface area contributed by atoms with Crippen LogP contribution in [0.4, 0.5) is 5.82 Å². The summed E-state index contributed by atoms with van der Waals surface area (Å²) in [5.74, 6) is 1.02. The molecule has 1 unspecified atom stereocenters. The Bertz CT molecular complexity index is 370. The van der Waals surface area contributed by atoms with Gasteiger partial charge in [-0.25, -0.2) is 4.98 Å². The Morgan fingerprint density at radius 1 is 1.37 bits per heavy atom. The van der Waals surface area contributed by atoms with E-state index in [-0.39, 0.29) is 0 Å². The lowest BCUT2D eigenvalue weighted by Crippen LogP contribution is -2.31. The SMILES string of the molecule is C=CCN(c1ccc(C(C)NCCC)cn1)C(C)C. The van der Waals surface area contributed by atoms with E-state index in [1.54, 1.807) is 0 Å². The van der Waals surface area contributed by atoms with E-state index in [4.69, 9.17) is 0 Å². The zero-order chi connectivity index (χ0) is 14.3. The fourth-order valence-corrected chi connectivity index (χ4v) is 2.01. The predicted octanol–water partition coefficient (Wildman–Crippen LogP) is 3.54. The second-order valence-corrected chi connectivity index (χ2v) is 5.16. The molecule has 3 heteroatoms. The van der Waals surface area contributed by atoms with Gasteiger partial charge in [-0.15, -0.1) is 6.58 Å². The van der Waals surface area contributed by atoms with Crippen LogP contribution in [0.25, 0.3) is 0 Å². The molecule has 0 aliphatic rings. The molecule has 1 heterocycles. The highest BCUT2D eigenvalue weighted by Crippen LogP contribution is 2.17. The van der Waals surface area contributed by atoms with Crippen LogP contribution in [0.15, 0.2) is 31.0 Å². The summed E-state index contributed by atoms with van der Waals surface area (Å²) in [6.07, 6.45) is 5.04. The molecule has 19 heavy (non-hydrogen) atoms. The normalized spacial score (nSPS) is 12.5. The van der Waals surface area contributed by atoms with Gasteiger partial charge in [0.25, 0.3) is 0 Å². The van der Waals surface area contributed by atoms with Crippen molar-refractivity contribution >= 4 is 5.82 Å². The van der Waals surface area contributed by atoms with Crippen molar-refractivity contribution in [1.29, 1.82) is 0 Å². The predicted molar refractivity (Wildman–Crippen MR) is 83.6 cm³/mol. The largest absolute Gasteiger partial charge is 0.350 e. The van der Waals surface area contributed by atoms with Crippen LogP contribution in [0.3, 0.4) is 0 Å². The van der Waals surface area contributed by atoms with E-state index in [0.29, 0.717) is 12.1 Å². The Kier molecular flexibility index (Phi) is 6.57. The van der Waals surface area contributed by atoms with E-state index in [0.717, 1.165) is 25.3 Å². The molecule has 0 fully saturated rings. The molecular formula is C16H27N3. The molecule has 0 bridgehead atoms. The summed E-state index contributed by atoms with van der Waals surface area (Å²) in [6, 6.07) is 5.04. The molecule has 1 N–H and O–H groups in total. The molecule has 0 saturated carbocycles. The molecule has 1 aromatic rings. The number of hydrogen-bond acceptors (Lipinski definition) is 3. The van der Waals surface area contributed by atoms with Crippen LogP contribution >= 0.6 is 0 Å². The highest BCUT2D eigenvalue weighted by Gasteiger charge is 2.11. The van der Waals surface area contributed by atoms with Gasteiger partial charge in [-0.1, -0.05) is 19.1 Å². The van der Waals surface area contributed by atoms with Crippen LogP contribution in [-0.4, -0.2) is 24.1 Å². The summed E-state index contributed by atoms with van der Waals surface area (Å²) in [5, 5.41) is 3.48. The molecule has 0 amide bonds. The number of anilines is 1. The van der Waals surface area contributed by atoms with Crippen molar-refractivity contribution < 1.29 is 0 Å². The molecular weight excluding hydrogens is 234 g/mol. The quantitative estimate of drug-likeness (QED) is 0.725. The zero-order valence-electron chi connectivity index (χ0n) is 12.7. The lowest BCUT2D eigenvalue weighted by Gasteiger charge is -2.26. The van der Waals surface area contributed by atoms with E-state index in [9.17, 15) is 0 Å². The van der Waals surface area contributed by atoms with Crippen molar-refractivity contribution in [1.82, 2.24) is 10.3 Å². The van der Waals surface area contributed by atoms with Crippen LogP contribution in [0.5, 0.6) is 0 Å². The van der Waals surface area contributed by atoms with Gasteiger partial charge < -0.3 is 10.2 Å². The van der Waals surface area contributed by atoms with Crippen LogP contribution < -0.4 is 10.2 Å². The minimum absolute atomic E-state index is 0.355. The summed E-state index contributed by atoms with van der Waals surface area (Å²) in [5.41, 5.74) is 1.24. The van der Waals surface area contributed by atoms with E-state index in [1.807, 2.05) is 12.3 Å². The van der Waals surface area contributed by atoms with Gasteiger partial charge in [0, 0.05) is 24.8 Å². The van der Waals surface area contributed by atoms with Crippen LogP contribution in [0.1, 0.15) is 45.7 Å². The van der Waals surface area contributed by atoms with Gasteiger partial charge in [0.15, 0.2) is 0 Å². The first kappa shape index (κ1) is 15.7. The summed E-state index contributed by atoms with van der Waals surface area (Å²) < 4.78 is 0. The fourth-order valence-electron chi connectivity index (χ4n) is 2.01. The molecule has 0 spiro atoms. The van der Waals surface area contributed by atoms with Crippen molar-refractivity contribution in [2.75, 3.05) is 18.0 Å². The van der Waals surface area contributed by atoms with Gasteiger partial charge in [-0.05, 0) is 45.4 Å². The first-order chi connectivity index (χ1) is 9.10. The number of nitrogens with zero attached hydrogens (tertiary/aromatic N) is 2. The lowest BCUT2D eigenvalue weighted by atomic mass is 10.1. The number of hydrogen-bond donors (Lipinski definition) is 1. The topological polar surface area (TPSA) is 28.2 Å². The lowest BCUT2D eigenvalue weighted by molar-refractivity contribution is 0.569. The highest BCUT2D eigenvalue weighted by atomic mass is 15.2. The molecule has 1 atom stereocenters. The highest BCUT2D eigenvalue weighted by molar-refractivity contribution is 5.41. The molecule has 1 rings (SSSR count). The summed E-state index contributed by atoms with van der Waals surface area (Å²) in [6.45, 7) is 14.4. The van der Waals surface area contributed by atoms with Crippen molar-refractivity contribution in [3.63, 3.8) is 0 Å². The van der Waals surface area contributed by atoms with E-state index in [2.05, 4.69) is 61.6 Å². The Labute approximate surface area is 117 Å². The Morgan fingerprint density at radius 3 is 2.58 bits per heavy atom. The average molecular weight is 261 g/mol. The maximum absolute atomic E-state index is 4.59. The summed E-state index contributed by atoms with van der Waals surface area (Å²) >= 11 is 0. The molecule has 106 valence electrons. The second kappa shape index (κ2) is 7.95. The van der Waals surface area contributed by atoms with Gasteiger partial charge in [0.2, 0.25) is 0 Å². The van der Waals surface area contributed by atoms with Crippen molar-refractivity contribution in [3.05, 3.63) is 36.5 Å². The van der Waals surface area contributed by atoms with E-state index in [1.165, 1.54) is 5.56 Å². The average Bonchev–Trinajstić information content (AvgIpc) is 2.42. The van der Waals surface area contributed by atoms with Crippen LogP contribution in [0.2, 0.25) is 0 Å². The molecule has 0 saturated heterocycles. The minimum atomic E-state index is 0.355. The number of aromatic nitrogens is 1. The number of pyridine rings is 1. The third-order valence-corrected chi connectivity index (χ3v) is 3.21. The zero-order valence-corrected chi connectivity index (χ0v) is 12.7. The van der Waals surface area contributed by atoms with Crippen molar-refractivity contribution in [3.8, 4) is 0 Å². The number of rotatable bonds is 8. The van der Waals surface area contributed by atoms with Crippen molar-refractivity contribution in [2.24, 2.45) is 0 Å². The first-order valence-electron chi connectivity index (χ1n) is 7.17. The van der Waals surface area contributed by atoms with Gasteiger partial charge >= 0.3 is 0 Å². The molecule has 0 aliphatic carbocycles. The maximum Gasteiger partial charge on any atom is 0.128 e. The summed E-state index contributed by atoms with van der Waals surface area (Å²) in [4.78, 5) is 6.82. The Balaban J connectivity index is 2.76. The van der Waals surface area contributed by atoms with Crippen LogP contribution in [0, 0.1) is 0 Å². The van der Waals surface area contributed by atoms with Gasteiger partial charge in [0.1, 0.15) is 5.82 Å². The van der Waals surface area contributed by atoms with Crippen molar-refractivity contribution in [2.45, 2.75) is 46.2 Å². The standard InChI is InChI=1S/C16H27N3/c1-6-10-17-14(5)15-8-9-16(18-12-15)19(11-7-2)13(3)4/h7-9,12-14,17H,2,6,10-11H2,1,3-5H3. The monoisotopic (exact) mass is 261 g/mol. The molecule has 0 radical (unpaired) electrons. The third kappa shape index (κ3) is 4.67.